The third-order valence-electron chi connectivity index (χ3n) is 6.50. The summed E-state index contributed by atoms with van der Waals surface area (Å²) in [6.45, 7) is 14.7. The number of carbonyl (C=O) groups is 1. The van der Waals surface area contributed by atoms with Gasteiger partial charge in [0, 0.05) is 5.56 Å². The van der Waals surface area contributed by atoms with Crippen molar-refractivity contribution in [2.75, 3.05) is 7.11 Å². The Morgan fingerprint density at radius 2 is 1.63 bits per heavy atom. The molecule has 0 aliphatic heterocycles. The van der Waals surface area contributed by atoms with Crippen LogP contribution in [0.15, 0.2) is 54.6 Å². The number of methoxy groups -OCH3 is 1. The number of hydrogen-bond acceptors (Lipinski definition) is 3. The van der Waals surface area contributed by atoms with Crippen LogP contribution in [-0.2, 0) is 23.2 Å². The zero-order valence-corrected chi connectivity index (χ0v) is 24.2. The van der Waals surface area contributed by atoms with E-state index in [1.54, 1.807) is 19.2 Å². The van der Waals surface area contributed by atoms with E-state index in [9.17, 15) is 9.18 Å². The van der Waals surface area contributed by atoms with Gasteiger partial charge in [-0.1, -0.05) is 72.7 Å². The van der Waals surface area contributed by atoms with Crippen LogP contribution in [-0.4, -0.2) is 18.2 Å². The van der Waals surface area contributed by atoms with Gasteiger partial charge >= 0.3 is 5.97 Å². The highest BCUT2D eigenvalue weighted by Crippen LogP contribution is 2.38. The number of aryl methyl sites for hydroxylation is 1. The number of carboxylic acid groups (broad SMARTS) is 1. The number of ether oxygens (including phenoxy) is 2. The lowest BCUT2D eigenvalue weighted by Crippen LogP contribution is -2.14. The molecule has 0 radical (unpaired) electrons. The molecular weight excluding hydrogens is 479 g/mol. The van der Waals surface area contributed by atoms with E-state index in [-0.39, 0.29) is 23.6 Å². The third kappa shape index (κ3) is 7.59. The number of hydrogen-bond donors (Lipinski definition) is 1. The van der Waals surface area contributed by atoms with Gasteiger partial charge in [-0.25, -0.2) is 4.39 Å². The molecule has 1 aliphatic carbocycles. The lowest BCUT2D eigenvalue weighted by atomic mass is 9.81. The van der Waals surface area contributed by atoms with Crippen molar-refractivity contribution in [2.24, 2.45) is 0 Å². The van der Waals surface area contributed by atoms with Crippen molar-refractivity contribution >= 4 is 5.97 Å². The quantitative estimate of drug-likeness (QED) is 0.336. The summed E-state index contributed by atoms with van der Waals surface area (Å²) in [6, 6.07) is 16.8. The lowest BCUT2D eigenvalue weighted by molar-refractivity contribution is -0.137. The maximum Gasteiger partial charge on any atom is 0.303 e. The van der Waals surface area contributed by atoms with Gasteiger partial charge in [0.2, 0.25) is 0 Å². The van der Waals surface area contributed by atoms with E-state index in [0.29, 0.717) is 17.9 Å². The first-order valence-electron chi connectivity index (χ1n) is 13.6. The van der Waals surface area contributed by atoms with Crippen LogP contribution in [0.25, 0.3) is 11.1 Å². The van der Waals surface area contributed by atoms with Crippen LogP contribution < -0.4 is 9.47 Å². The highest BCUT2D eigenvalue weighted by molar-refractivity contribution is 5.71. The lowest BCUT2D eigenvalue weighted by Gasteiger charge is -2.24. The first-order valence-corrected chi connectivity index (χ1v) is 13.6. The molecule has 1 aliphatic rings. The topological polar surface area (TPSA) is 55.8 Å². The molecule has 0 spiro atoms. The molecule has 0 saturated carbocycles. The maximum absolute atomic E-state index is 14.7. The van der Waals surface area contributed by atoms with Gasteiger partial charge in [0.25, 0.3) is 0 Å². The minimum absolute atomic E-state index is 0.0837. The highest BCUT2D eigenvalue weighted by atomic mass is 19.1. The summed E-state index contributed by atoms with van der Waals surface area (Å²) in [5.74, 6) is 0.431. The molecule has 3 aromatic rings. The van der Waals surface area contributed by atoms with Crippen LogP contribution in [0.5, 0.6) is 11.5 Å². The Labute approximate surface area is 227 Å². The zero-order chi connectivity index (χ0) is 28.5. The van der Waals surface area contributed by atoms with Gasteiger partial charge in [-0.2, -0.15) is 0 Å². The molecule has 1 unspecified atom stereocenters. The SMILES string of the molecule is CC.CC.COc1ccc(F)c(-c2ccc(COc3ccc4c(c3)CCC4CC(=O)O)cc2C(C)(C)C)c1. The monoisotopic (exact) mass is 522 g/mol. The van der Waals surface area contributed by atoms with Crippen LogP contribution in [0, 0.1) is 5.82 Å². The summed E-state index contributed by atoms with van der Waals surface area (Å²) in [4.78, 5) is 11.1. The smallest absolute Gasteiger partial charge is 0.303 e. The number of benzene rings is 3. The Kier molecular flexibility index (Phi) is 11.4. The number of fused-ring (bicyclic) bond motifs is 1. The molecular formula is C33H43FO4. The van der Waals surface area contributed by atoms with Crippen molar-refractivity contribution in [1.29, 1.82) is 0 Å². The standard InChI is InChI=1S/C29H31FO4.2C2H6/c1-29(2,3)26-13-18(5-10-24(26)25-16-21(33-4)9-12-27(25)30)17-34-22-8-11-23-19(14-22)6-7-20(23)15-28(31)32;2*1-2/h5,8-14,16,20H,6-7,15,17H2,1-4H3,(H,31,32);2*1-2H3. The number of aliphatic carboxylic acids is 1. The van der Waals surface area contributed by atoms with Crippen molar-refractivity contribution in [3.63, 3.8) is 0 Å². The first kappa shape index (κ1) is 30.9. The molecule has 0 bridgehead atoms. The molecule has 0 heterocycles. The molecule has 1 atom stereocenters. The molecule has 5 heteroatoms. The Hall–Kier alpha value is -3.34. The van der Waals surface area contributed by atoms with E-state index < -0.39 is 5.97 Å². The Morgan fingerprint density at radius 1 is 0.947 bits per heavy atom. The molecule has 38 heavy (non-hydrogen) atoms. The average molecular weight is 523 g/mol. The van der Waals surface area contributed by atoms with E-state index in [1.807, 2.05) is 58.0 Å². The minimum atomic E-state index is -0.759. The second-order valence-corrected chi connectivity index (χ2v) is 9.96. The maximum atomic E-state index is 14.7. The molecule has 206 valence electrons. The van der Waals surface area contributed by atoms with Crippen LogP contribution in [0.2, 0.25) is 0 Å². The predicted molar refractivity (Wildman–Crippen MR) is 154 cm³/mol. The number of carboxylic acids is 1. The summed E-state index contributed by atoms with van der Waals surface area (Å²) in [7, 11) is 1.58. The van der Waals surface area contributed by atoms with Gasteiger partial charge in [-0.15, -0.1) is 0 Å². The van der Waals surface area contributed by atoms with Gasteiger partial charge < -0.3 is 14.6 Å². The van der Waals surface area contributed by atoms with Crippen LogP contribution in [0.1, 0.15) is 89.5 Å². The zero-order valence-electron chi connectivity index (χ0n) is 24.2. The largest absolute Gasteiger partial charge is 0.497 e. The summed E-state index contributed by atoms with van der Waals surface area (Å²) in [6.07, 6.45) is 1.91. The Morgan fingerprint density at radius 3 is 2.26 bits per heavy atom. The molecule has 4 nitrogen and oxygen atoms in total. The fourth-order valence-corrected chi connectivity index (χ4v) is 4.74. The highest BCUT2D eigenvalue weighted by Gasteiger charge is 2.25. The van der Waals surface area contributed by atoms with Crippen LogP contribution in [0.3, 0.4) is 0 Å². The predicted octanol–water partition coefficient (Wildman–Crippen LogP) is 8.93. The second-order valence-electron chi connectivity index (χ2n) is 9.96. The van der Waals surface area contributed by atoms with Crippen molar-refractivity contribution in [2.45, 2.75) is 85.7 Å². The number of halogens is 1. The fourth-order valence-electron chi connectivity index (χ4n) is 4.74. The van der Waals surface area contributed by atoms with E-state index in [1.165, 1.54) is 11.6 Å². The summed E-state index contributed by atoms with van der Waals surface area (Å²) < 4.78 is 26.1. The summed E-state index contributed by atoms with van der Waals surface area (Å²) in [5, 5.41) is 9.13. The average Bonchev–Trinajstić information content (AvgIpc) is 3.30. The normalized spacial score (nSPS) is 13.9. The van der Waals surface area contributed by atoms with Gasteiger partial charge in [-0.05, 0) is 82.3 Å². The fraction of sp³-hybridized carbons (Fsp3) is 0.424. The van der Waals surface area contributed by atoms with E-state index in [2.05, 4.69) is 26.8 Å². The minimum Gasteiger partial charge on any atom is -0.497 e. The van der Waals surface area contributed by atoms with E-state index >= 15 is 0 Å². The van der Waals surface area contributed by atoms with Crippen molar-refractivity contribution in [3.05, 3.63) is 82.7 Å². The van der Waals surface area contributed by atoms with Gasteiger partial charge in [0.1, 0.15) is 23.9 Å². The number of rotatable bonds is 7. The molecule has 4 rings (SSSR count). The molecule has 0 fully saturated rings. The molecule has 0 saturated heterocycles. The van der Waals surface area contributed by atoms with E-state index in [4.69, 9.17) is 14.6 Å². The van der Waals surface area contributed by atoms with Crippen LogP contribution >= 0.6 is 0 Å². The Balaban J connectivity index is 0.00000121. The summed E-state index contributed by atoms with van der Waals surface area (Å²) in [5.41, 5.74) is 5.49. The molecule has 1 N–H and O–H groups in total. The van der Waals surface area contributed by atoms with Crippen molar-refractivity contribution in [3.8, 4) is 22.6 Å². The third-order valence-corrected chi connectivity index (χ3v) is 6.50. The van der Waals surface area contributed by atoms with Crippen molar-refractivity contribution < 1.29 is 23.8 Å². The summed E-state index contributed by atoms with van der Waals surface area (Å²) >= 11 is 0. The molecule has 0 aromatic heterocycles. The Bertz CT molecular complexity index is 1210. The van der Waals surface area contributed by atoms with E-state index in [0.717, 1.165) is 40.8 Å². The second kappa shape index (κ2) is 14.0. The van der Waals surface area contributed by atoms with Gasteiger partial charge in [0.05, 0.1) is 13.5 Å². The first-order chi connectivity index (χ1) is 18.2. The van der Waals surface area contributed by atoms with Gasteiger partial charge in [-0.3, -0.25) is 4.79 Å². The molecule has 0 amide bonds. The van der Waals surface area contributed by atoms with Gasteiger partial charge in [0.15, 0.2) is 0 Å². The van der Waals surface area contributed by atoms with Crippen LogP contribution in [0.4, 0.5) is 4.39 Å². The molecule has 3 aromatic carbocycles. The van der Waals surface area contributed by atoms with Crippen molar-refractivity contribution in [1.82, 2.24) is 0 Å².